The molecule has 0 aliphatic carbocycles. The summed E-state index contributed by atoms with van der Waals surface area (Å²) < 4.78 is 7.92. The molecule has 0 saturated carbocycles. The van der Waals surface area contributed by atoms with Crippen molar-refractivity contribution in [1.82, 2.24) is 19.5 Å². The minimum atomic E-state index is 0.297. The molecule has 2 aromatic rings. The van der Waals surface area contributed by atoms with Crippen molar-refractivity contribution in [1.29, 1.82) is 0 Å². The summed E-state index contributed by atoms with van der Waals surface area (Å²) in [4.78, 5) is 11.5. The van der Waals surface area contributed by atoms with Crippen molar-refractivity contribution in [3.05, 3.63) is 11.1 Å². The van der Waals surface area contributed by atoms with Gasteiger partial charge in [-0.25, -0.2) is 4.98 Å². The van der Waals surface area contributed by atoms with Crippen molar-refractivity contribution in [3.63, 3.8) is 0 Å². The zero-order valence-electron chi connectivity index (χ0n) is 11.1. The fraction of sp³-hybridized carbons (Fsp3) is 0.583. The lowest BCUT2D eigenvalue weighted by Crippen LogP contribution is -2.09. The minimum absolute atomic E-state index is 0.297. The van der Waals surface area contributed by atoms with Crippen molar-refractivity contribution < 1.29 is 4.74 Å². The van der Waals surface area contributed by atoms with Crippen LogP contribution in [0.5, 0.6) is 5.88 Å². The van der Waals surface area contributed by atoms with Crippen LogP contribution in [0.15, 0.2) is 6.33 Å². The number of nitrogens with zero attached hydrogens (tertiary/aromatic N) is 3. The van der Waals surface area contributed by atoms with Gasteiger partial charge in [0.15, 0.2) is 10.4 Å². The van der Waals surface area contributed by atoms with Crippen molar-refractivity contribution in [3.8, 4) is 5.88 Å². The van der Waals surface area contributed by atoms with Crippen LogP contribution in [-0.4, -0.2) is 26.6 Å². The van der Waals surface area contributed by atoms with Gasteiger partial charge in [0.1, 0.15) is 11.8 Å². The number of H-pyrrole nitrogens is 1. The van der Waals surface area contributed by atoms with E-state index in [0.29, 0.717) is 22.6 Å². The number of aromatic amines is 1. The van der Waals surface area contributed by atoms with Crippen LogP contribution in [0.3, 0.4) is 0 Å². The molecule has 18 heavy (non-hydrogen) atoms. The molecule has 0 aliphatic rings. The van der Waals surface area contributed by atoms with E-state index in [1.54, 1.807) is 7.11 Å². The van der Waals surface area contributed by atoms with Crippen LogP contribution in [0.4, 0.5) is 0 Å². The molecule has 0 aliphatic heterocycles. The summed E-state index contributed by atoms with van der Waals surface area (Å²) in [6, 6.07) is 0.297. The van der Waals surface area contributed by atoms with E-state index in [1.807, 2.05) is 4.57 Å². The first-order valence-corrected chi connectivity index (χ1v) is 6.44. The van der Waals surface area contributed by atoms with E-state index < -0.39 is 0 Å². The second-order valence-electron chi connectivity index (χ2n) is 4.86. The second-order valence-corrected chi connectivity index (χ2v) is 5.25. The highest BCUT2D eigenvalue weighted by molar-refractivity contribution is 7.71. The van der Waals surface area contributed by atoms with E-state index in [4.69, 9.17) is 17.0 Å². The lowest BCUT2D eigenvalue weighted by Gasteiger charge is -2.16. The molecule has 98 valence electrons. The van der Waals surface area contributed by atoms with Gasteiger partial charge < -0.3 is 9.72 Å². The Labute approximate surface area is 111 Å². The molecule has 6 heteroatoms. The Bertz CT molecular complexity index is 602. The highest BCUT2D eigenvalue weighted by Crippen LogP contribution is 2.25. The molecule has 0 bridgehead atoms. The maximum atomic E-state index is 5.37. The Morgan fingerprint density at radius 3 is 2.72 bits per heavy atom. The number of methoxy groups -OCH3 is 1. The van der Waals surface area contributed by atoms with Crippen LogP contribution < -0.4 is 4.74 Å². The molecule has 0 amide bonds. The lowest BCUT2D eigenvalue weighted by atomic mass is 10.1. The topological polar surface area (TPSA) is 55.7 Å². The van der Waals surface area contributed by atoms with Crippen molar-refractivity contribution in [2.75, 3.05) is 7.11 Å². The summed E-state index contributed by atoms with van der Waals surface area (Å²) >= 11 is 5.37. The van der Waals surface area contributed by atoms with Crippen LogP contribution in [0.25, 0.3) is 11.2 Å². The maximum absolute atomic E-state index is 5.37. The Hall–Kier alpha value is -1.43. The molecule has 0 aromatic carbocycles. The SMILES string of the molecule is COc1ncnc2c1[nH]c(=S)n2C(C)CC(C)C. The molecule has 0 fully saturated rings. The average molecular weight is 266 g/mol. The van der Waals surface area contributed by atoms with E-state index >= 15 is 0 Å². The molecular formula is C12H18N4OS. The first kappa shape index (κ1) is 13.0. The normalized spacial score (nSPS) is 13.2. The number of nitrogens with one attached hydrogen (secondary N) is 1. The molecule has 1 atom stereocenters. The highest BCUT2D eigenvalue weighted by Gasteiger charge is 2.16. The first-order valence-electron chi connectivity index (χ1n) is 6.03. The number of hydrogen-bond donors (Lipinski definition) is 1. The van der Waals surface area contributed by atoms with Crippen LogP contribution in [0.1, 0.15) is 33.2 Å². The number of rotatable bonds is 4. The molecule has 2 aromatic heterocycles. The van der Waals surface area contributed by atoms with Crippen LogP contribution in [-0.2, 0) is 0 Å². The van der Waals surface area contributed by atoms with E-state index in [0.717, 1.165) is 17.6 Å². The monoisotopic (exact) mass is 266 g/mol. The highest BCUT2D eigenvalue weighted by atomic mass is 32.1. The molecule has 1 N–H and O–H groups in total. The predicted octanol–water partition coefficient (Wildman–Crippen LogP) is 3.10. The van der Waals surface area contributed by atoms with E-state index in [9.17, 15) is 0 Å². The molecule has 0 radical (unpaired) electrons. The van der Waals surface area contributed by atoms with Crippen molar-refractivity contribution in [2.24, 2.45) is 5.92 Å². The van der Waals surface area contributed by atoms with Gasteiger partial charge in [-0.3, -0.25) is 4.57 Å². The third-order valence-corrected chi connectivity index (χ3v) is 3.22. The van der Waals surface area contributed by atoms with Gasteiger partial charge in [-0.15, -0.1) is 0 Å². The van der Waals surface area contributed by atoms with Crippen LogP contribution in [0, 0.1) is 10.7 Å². The van der Waals surface area contributed by atoms with Crippen molar-refractivity contribution >= 4 is 23.4 Å². The van der Waals surface area contributed by atoms with Gasteiger partial charge >= 0.3 is 0 Å². The van der Waals surface area contributed by atoms with Gasteiger partial charge in [0.05, 0.1) is 7.11 Å². The summed E-state index contributed by atoms with van der Waals surface area (Å²) in [6.07, 6.45) is 2.55. The molecule has 2 heterocycles. The third kappa shape index (κ3) is 2.25. The summed E-state index contributed by atoms with van der Waals surface area (Å²) in [5, 5.41) is 0. The molecule has 5 nitrogen and oxygen atoms in total. The van der Waals surface area contributed by atoms with Gasteiger partial charge in [-0.05, 0) is 31.5 Å². The third-order valence-electron chi connectivity index (χ3n) is 2.92. The molecule has 0 saturated heterocycles. The molecule has 0 spiro atoms. The van der Waals surface area contributed by atoms with Gasteiger partial charge in [-0.1, -0.05) is 13.8 Å². The summed E-state index contributed by atoms with van der Waals surface area (Å²) in [5.74, 6) is 1.14. The zero-order valence-corrected chi connectivity index (χ0v) is 11.9. The predicted molar refractivity (Wildman–Crippen MR) is 73.4 cm³/mol. The minimum Gasteiger partial charge on any atom is -0.479 e. The Morgan fingerprint density at radius 2 is 2.11 bits per heavy atom. The van der Waals surface area contributed by atoms with Gasteiger partial charge in [0.25, 0.3) is 0 Å². The fourth-order valence-electron chi connectivity index (χ4n) is 2.27. The van der Waals surface area contributed by atoms with E-state index in [-0.39, 0.29) is 0 Å². The van der Waals surface area contributed by atoms with E-state index in [2.05, 4.69) is 35.7 Å². The summed E-state index contributed by atoms with van der Waals surface area (Å²) in [6.45, 7) is 6.55. The summed E-state index contributed by atoms with van der Waals surface area (Å²) in [7, 11) is 1.59. The average Bonchev–Trinajstić information content (AvgIpc) is 2.63. The van der Waals surface area contributed by atoms with Crippen molar-refractivity contribution in [2.45, 2.75) is 33.2 Å². The number of hydrogen-bond acceptors (Lipinski definition) is 4. The van der Waals surface area contributed by atoms with Gasteiger partial charge in [-0.2, -0.15) is 4.98 Å². The number of imidazole rings is 1. The Kier molecular flexibility index (Phi) is 3.65. The Balaban J connectivity index is 2.57. The fourth-order valence-corrected chi connectivity index (χ4v) is 2.64. The quantitative estimate of drug-likeness (QED) is 0.864. The standard InChI is InChI=1S/C12H18N4OS/c1-7(2)5-8(3)16-10-9(15-12(16)18)11(17-4)14-6-13-10/h6-8H,5H2,1-4H3,(H,15,18). The maximum Gasteiger partial charge on any atom is 0.242 e. The lowest BCUT2D eigenvalue weighted by molar-refractivity contribution is 0.401. The van der Waals surface area contributed by atoms with Gasteiger partial charge in [0, 0.05) is 6.04 Å². The van der Waals surface area contributed by atoms with Crippen LogP contribution in [0.2, 0.25) is 0 Å². The first-order chi connectivity index (χ1) is 8.54. The van der Waals surface area contributed by atoms with Gasteiger partial charge in [0.2, 0.25) is 5.88 Å². The Morgan fingerprint density at radius 1 is 1.39 bits per heavy atom. The smallest absolute Gasteiger partial charge is 0.242 e. The molecule has 1 unspecified atom stereocenters. The molecule has 2 rings (SSSR count). The van der Waals surface area contributed by atoms with E-state index in [1.165, 1.54) is 6.33 Å². The summed E-state index contributed by atoms with van der Waals surface area (Å²) in [5.41, 5.74) is 1.57. The largest absolute Gasteiger partial charge is 0.479 e. The van der Waals surface area contributed by atoms with Crippen LogP contribution >= 0.6 is 12.2 Å². The second kappa shape index (κ2) is 5.06. The zero-order chi connectivity index (χ0) is 13.3. The molecular weight excluding hydrogens is 248 g/mol. The number of fused-ring (bicyclic) bond motifs is 1. The number of aromatic nitrogens is 4. The number of ether oxygens (including phenoxy) is 1.